The van der Waals surface area contributed by atoms with E-state index in [1.807, 2.05) is 36.4 Å². The molecule has 1 aliphatic rings. The Morgan fingerprint density at radius 3 is 2.42 bits per heavy atom. The third-order valence-electron chi connectivity index (χ3n) is 4.60. The number of ether oxygens (including phenoxy) is 1. The van der Waals surface area contributed by atoms with Crippen LogP contribution in [0.1, 0.15) is 16.7 Å². The summed E-state index contributed by atoms with van der Waals surface area (Å²) in [6.45, 7) is 0.494. The van der Waals surface area contributed by atoms with Crippen molar-refractivity contribution in [2.45, 2.75) is 13.2 Å². The number of carbonyl (C=O) groups excluding carboxylic acids is 2. The van der Waals surface area contributed by atoms with Crippen LogP contribution in [0.25, 0.3) is 6.08 Å². The van der Waals surface area contributed by atoms with Gasteiger partial charge in [-0.3, -0.25) is 14.5 Å². The van der Waals surface area contributed by atoms with Crippen LogP contribution in [0.5, 0.6) is 5.75 Å². The summed E-state index contributed by atoms with van der Waals surface area (Å²) in [6, 6.07) is 20.9. The Kier molecular flexibility index (Phi) is 6.53. The highest BCUT2D eigenvalue weighted by molar-refractivity contribution is 9.10. The minimum Gasteiger partial charge on any atom is -0.489 e. The molecule has 0 aliphatic carbocycles. The van der Waals surface area contributed by atoms with Crippen molar-refractivity contribution in [1.29, 1.82) is 0 Å². The van der Waals surface area contributed by atoms with E-state index >= 15 is 0 Å². The van der Waals surface area contributed by atoms with Crippen LogP contribution in [0, 0.1) is 5.82 Å². The Hall–Kier alpha value is -2.90. The monoisotopic (exact) mass is 497 g/mol. The Labute approximate surface area is 191 Å². The zero-order valence-corrected chi connectivity index (χ0v) is 18.7. The third kappa shape index (κ3) is 5.42. The number of halogens is 2. The van der Waals surface area contributed by atoms with Gasteiger partial charge < -0.3 is 4.74 Å². The van der Waals surface area contributed by atoms with E-state index in [4.69, 9.17) is 4.74 Å². The first-order chi connectivity index (χ1) is 15.0. The van der Waals surface area contributed by atoms with Crippen LogP contribution >= 0.6 is 27.7 Å². The van der Waals surface area contributed by atoms with Gasteiger partial charge in [0.25, 0.3) is 11.1 Å². The van der Waals surface area contributed by atoms with Crippen LogP contribution < -0.4 is 4.74 Å². The van der Waals surface area contributed by atoms with Gasteiger partial charge in [0.1, 0.15) is 18.2 Å². The van der Waals surface area contributed by atoms with Gasteiger partial charge in [-0.25, -0.2) is 4.39 Å². The summed E-state index contributed by atoms with van der Waals surface area (Å²) in [6.07, 6.45) is 1.70. The van der Waals surface area contributed by atoms with Gasteiger partial charge in [-0.15, -0.1) is 0 Å². The number of carbonyl (C=O) groups is 2. The number of hydrogen-bond acceptors (Lipinski definition) is 4. The molecule has 0 aromatic heterocycles. The summed E-state index contributed by atoms with van der Waals surface area (Å²) in [5.74, 6) is 0.0274. The lowest BCUT2D eigenvalue weighted by atomic mass is 10.2. The van der Waals surface area contributed by atoms with Gasteiger partial charge in [-0.2, -0.15) is 0 Å². The maximum absolute atomic E-state index is 13.2. The topological polar surface area (TPSA) is 46.6 Å². The average Bonchev–Trinajstić information content (AvgIpc) is 3.02. The molecule has 2 amide bonds. The Balaban J connectivity index is 1.40. The molecule has 1 fully saturated rings. The molecule has 0 radical (unpaired) electrons. The number of nitrogens with zero attached hydrogens (tertiary/aromatic N) is 1. The maximum Gasteiger partial charge on any atom is 0.293 e. The fourth-order valence-corrected chi connectivity index (χ4v) is 4.12. The normalized spacial score (nSPS) is 15.0. The first-order valence-corrected chi connectivity index (χ1v) is 11.1. The van der Waals surface area contributed by atoms with Crippen LogP contribution in [0.4, 0.5) is 9.18 Å². The molecule has 7 heteroatoms. The minimum atomic E-state index is -0.302. The van der Waals surface area contributed by atoms with Gasteiger partial charge in [0, 0.05) is 4.47 Å². The molecule has 4 rings (SSSR count). The molecular formula is C24H17BrFNO3S. The summed E-state index contributed by atoms with van der Waals surface area (Å²) in [7, 11) is 0. The summed E-state index contributed by atoms with van der Waals surface area (Å²) >= 11 is 4.31. The molecular weight excluding hydrogens is 481 g/mol. The van der Waals surface area contributed by atoms with Gasteiger partial charge in [0.2, 0.25) is 0 Å². The van der Waals surface area contributed by atoms with Crippen LogP contribution in [-0.2, 0) is 17.9 Å². The van der Waals surface area contributed by atoms with Crippen molar-refractivity contribution in [2.75, 3.05) is 0 Å². The molecule has 0 bridgehead atoms. The van der Waals surface area contributed by atoms with E-state index in [1.54, 1.807) is 30.3 Å². The van der Waals surface area contributed by atoms with Gasteiger partial charge in [0.15, 0.2) is 0 Å². The second-order valence-corrected chi connectivity index (χ2v) is 8.79. The van der Waals surface area contributed by atoms with Crippen molar-refractivity contribution >= 4 is 44.9 Å². The number of amides is 2. The molecule has 3 aromatic carbocycles. The molecule has 0 spiro atoms. The number of benzene rings is 3. The van der Waals surface area contributed by atoms with E-state index in [1.165, 1.54) is 17.0 Å². The van der Waals surface area contributed by atoms with Gasteiger partial charge in [-0.05, 0) is 70.9 Å². The average molecular weight is 498 g/mol. The zero-order valence-electron chi connectivity index (χ0n) is 16.3. The molecule has 156 valence electrons. The molecule has 1 aliphatic heterocycles. The van der Waals surface area contributed by atoms with E-state index in [0.29, 0.717) is 10.7 Å². The predicted octanol–water partition coefficient (Wildman–Crippen LogP) is 6.40. The van der Waals surface area contributed by atoms with Crippen LogP contribution in [0.2, 0.25) is 0 Å². The van der Waals surface area contributed by atoms with Crippen molar-refractivity contribution in [3.05, 3.63) is 105 Å². The number of rotatable bonds is 6. The highest BCUT2D eigenvalue weighted by atomic mass is 79.9. The van der Waals surface area contributed by atoms with Crippen molar-refractivity contribution in [1.82, 2.24) is 4.90 Å². The van der Waals surface area contributed by atoms with Gasteiger partial charge in [0.05, 0.1) is 11.4 Å². The third-order valence-corrected chi connectivity index (χ3v) is 6.04. The van der Waals surface area contributed by atoms with Crippen molar-refractivity contribution in [3.8, 4) is 5.75 Å². The minimum absolute atomic E-state index is 0.238. The lowest BCUT2D eigenvalue weighted by molar-refractivity contribution is -0.123. The lowest BCUT2D eigenvalue weighted by Gasteiger charge is -2.12. The van der Waals surface area contributed by atoms with Crippen LogP contribution in [0.15, 0.2) is 82.2 Å². The highest BCUT2D eigenvalue weighted by Gasteiger charge is 2.34. The van der Waals surface area contributed by atoms with E-state index in [2.05, 4.69) is 15.9 Å². The molecule has 1 saturated heterocycles. The van der Waals surface area contributed by atoms with Gasteiger partial charge in [-0.1, -0.05) is 52.3 Å². The van der Waals surface area contributed by atoms with Crippen molar-refractivity contribution in [2.24, 2.45) is 0 Å². The van der Waals surface area contributed by atoms with Crippen molar-refractivity contribution in [3.63, 3.8) is 0 Å². The Morgan fingerprint density at radius 1 is 0.968 bits per heavy atom. The fraction of sp³-hybridized carbons (Fsp3) is 0.0833. The van der Waals surface area contributed by atoms with Crippen LogP contribution in [0.3, 0.4) is 0 Å². The molecule has 0 saturated carbocycles. The Morgan fingerprint density at radius 2 is 1.71 bits per heavy atom. The van der Waals surface area contributed by atoms with E-state index in [9.17, 15) is 14.0 Å². The largest absolute Gasteiger partial charge is 0.489 e. The standard InChI is InChI=1S/C24H17BrFNO3S/c25-19-8-4-17(5-9-19)14-27-23(28)22(31-24(27)29)13-16-6-10-21(11-7-16)30-15-18-2-1-3-20(26)12-18/h1-13H,14-15H2/b22-13-. The highest BCUT2D eigenvalue weighted by Crippen LogP contribution is 2.33. The maximum atomic E-state index is 13.2. The number of imide groups is 1. The smallest absolute Gasteiger partial charge is 0.293 e. The molecule has 1 heterocycles. The summed E-state index contributed by atoms with van der Waals surface area (Å²) in [5.41, 5.74) is 2.40. The SMILES string of the molecule is O=C1S/C(=C\c2ccc(OCc3cccc(F)c3)cc2)C(=O)N1Cc1ccc(Br)cc1. The predicted molar refractivity (Wildman–Crippen MR) is 123 cm³/mol. The molecule has 3 aromatic rings. The van der Waals surface area contributed by atoms with E-state index in [-0.39, 0.29) is 30.1 Å². The van der Waals surface area contributed by atoms with Crippen LogP contribution in [-0.4, -0.2) is 16.0 Å². The molecule has 0 unspecified atom stereocenters. The second-order valence-electron chi connectivity index (χ2n) is 6.88. The fourth-order valence-electron chi connectivity index (χ4n) is 3.01. The molecule has 0 atom stereocenters. The summed E-state index contributed by atoms with van der Waals surface area (Å²) in [4.78, 5) is 26.7. The lowest BCUT2D eigenvalue weighted by Crippen LogP contribution is -2.27. The van der Waals surface area contributed by atoms with Crippen molar-refractivity contribution < 1.29 is 18.7 Å². The Bertz CT molecular complexity index is 1150. The molecule has 31 heavy (non-hydrogen) atoms. The molecule has 0 N–H and O–H groups in total. The van der Waals surface area contributed by atoms with E-state index in [0.717, 1.165) is 32.9 Å². The summed E-state index contributed by atoms with van der Waals surface area (Å²) in [5, 5.41) is -0.283. The first-order valence-electron chi connectivity index (χ1n) is 9.45. The summed E-state index contributed by atoms with van der Waals surface area (Å²) < 4.78 is 19.9. The first kappa shape index (κ1) is 21.3. The molecule has 4 nitrogen and oxygen atoms in total. The number of hydrogen-bond donors (Lipinski definition) is 0. The second kappa shape index (κ2) is 9.49. The zero-order chi connectivity index (χ0) is 21.8. The van der Waals surface area contributed by atoms with E-state index < -0.39 is 0 Å². The quantitative estimate of drug-likeness (QED) is 0.369. The van der Waals surface area contributed by atoms with Gasteiger partial charge >= 0.3 is 0 Å². The number of thioether (sulfide) groups is 1.